The van der Waals surface area contributed by atoms with Gasteiger partial charge in [-0.3, -0.25) is 9.59 Å². The Hall–Kier alpha value is -1.34. The summed E-state index contributed by atoms with van der Waals surface area (Å²) in [7, 11) is 1.60. The molecule has 0 saturated carbocycles. The highest BCUT2D eigenvalue weighted by Gasteiger charge is 2.45. The zero-order valence-corrected chi connectivity index (χ0v) is 18.2. The molecular weight excluding hydrogens is 412 g/mol. The average Bonchev–Trinajstić information content (AvgIpc) is 3.18. The van der Waals surface area contributed by atoms with Crippen molar-refractivity contribution < 1.29 is 44.2 Å². The number of carbonyl (C=O) groups is 2. The zero-order valence-electron chi connectivity index (χ0n) is 18.2. The molecule has 180 valence electrons. The number of rotatable bonds is 11. The van der Waals surface area contributed by atoms with Crippen LogP contribution in [0.5, 0.6) is 0 Å². The molecule has 2 aliphatic rings. The molecule has 5 N–H and O–H groups in total. The second-order valence-electron chi connectivity index (χ2n) is 8.09. The van der Waals surface area contributed by atoms with E-state index >= 15 is 0 Å². The molecule has 0 aromatic carbocycles. The van der Waals surface area contributed by atoms with Crippen molar-refractivity contribution in [1.29, 1.82) is 0 Å². The minimum atomic E-state index is -1.35. The van der Waals surface area contributed by atoms with E-state index in [1.807, 2.05) is 0 Å². The Labute approximate surface area is 182 Å². The Bertz CT molecular complexity index is 579. The number of amides is 2. The van der Waals surface area contributed by atoms with E-state index in [2.05, 4.69) is 5.32 Å². The Morgan fingerprint density at radius 1 is 1.13 bits per heavy atom. The molecule has 0 aromatic rings. The molecule has 2 rings (SSSR count). The van der Waals surface area contributed by atoms with Crippen molar-refractivity contribution >= 4 is 11.8 Å². The average molecular weight is 449 g/mol. The van der Waals surface area contributed by atoms with Crippen molar-refractivity contribution in [2.24, 2.45) is 0 Å². The van der Waals surface area contributed by atoms with Crippen molar-refractivity contribution in [3.8, 4) is 0 Å². The number of unbranched alkanes of at least 4 members (excludes halogenated alkanes) is 2. The van der Waals surface area contributed by atoms with Crippen LogP contribution in [-0.4, -0.2) is 113 Å². The van der Waals surface area contributed by atoms with Crippen molar-refractivity contribution in [3.63, 3.8) is 0 Å². The summed E-state index contributed by atoms with van der Waals surface area (Å²) in [6, 6.07) is -1.16. The van der Waals surface area contributed by atoms with Crippen LogP contribution >= 0.6 is 0 Å². The van der Waals surface area contributed by atoms with E-state index in [1.165, 1.54) is 6.92 Å². The second kappa shape index (κ2) is 12.6. The molecule has 0 radical (unpaired) electrons. The van der Waals surface area contributed by atoms with Gasteiger partial charge in [0.2, 0.25) is 11.8 Å². The lowest BCUT2D eigenvalue weighted by molar-refractivity contribution is -0.270. The number of likely N-dealkylation sites (tertiary alicyclic amines) is 1. The van der Waals surface area contributed by atoms with Crippen molar-refractivity contribution in [2.45, 2.75) is 81.8 Å². The maximum atomic E-state index is 12.4. The van der Waals surface area contributed by atoms with Gasteiger partial charge in [0.15, 0.2) is 6.29 Å². The maximum absolute atomic E-state index is 12.4. The molecule has 0 spiro atoms. The number of hydrogen-bond acceptors (Lipinski definition) is 9. The van der Waals surface area contributed by atoms with Crippen LogP contribution in [-0.2, 0) is 23.8 Å². The van der Waals surface area contributed by atoms with Crippen LogP contribution < -0.4 is 5.32 Å². The number of nitrogens with zero attached hydrogens (tertiary/aromatic N) is 1. The fraction of sp³-hybridized carbons (Fsp3) is 0.900. The van der Waals surface area contributed by atoms with Crippen LogP contribution in [0.2, 0.25) is 0 Å². The van der Waals surface area contributed by atoms with Gasteiger partial charge in [0.05, 0.1) is 25.4 Å². The zero-order chi connectivity index (χ0) is 23.0. The third-order valence-corrected chi connectivity index (χ3v) is 5.81. The minimum absolute atomic E-state index is 0.0104. The van der Waals surface area contributed by atoms with Gasteiger partial charge in [0.25, 0.3) is 0 Å². The Kier molecular flexibility index (Phi) is 10.6. The minimum Gasteiger partial charge on any atom is -0.394 e. The highest BCUT2D eigenvalue weighted by Crippen LogP contribution is 2.23. The van der Waals surface area contributed by atoms with Crippen molar-refractivity contribution in [1.82, 2.24) is 10.2 Å². The molecule has 7 atom stereocenters. The standard InChI is InChI=1S/C20H36N2O9/c1-12(25)21-17-19(28)18(27)15(11-24)31-20(17)30-7-5-3-4-6-16(26)22-9-14(29-2)8-13(22)10-23/h13-15,17-20,23-24,27-28H,3-11H2,1-2H3,(H,21,25)/t13-,14+,15?,17-,18-,19?,20+/m0/s1. The molecule has 0 aliphatic carbocycles. The SMILES string of the molecule is CO[C@@H]1C[C@@H](CO)N(C(=O)CCCCCO[C@@H]2OC(CO)[C@H](O)C(O)[C@@H]2NC(C)=O)C1. The number of nitrogens with one attached hydrogen (secondary N) is 1. The third kappa shape index (κ3) is 7.07. The Morgan fingerprint density at radius 2 is 1.87 bits per heavy atom. The summed E-state index contributed by atoms with van der Waals surface area (Å²) < 4.78 is 16.4. The van der Waals surface area contributed by atoms with Crippen molar-refractivity contribution in [3.05, 3.63) is 0 Å². The summed E-state index contributed by atoms with van der Waals surface area (Å²) in [6.45, 7) is 1.45. The van der Waals surface area contributed by atoms with Crippen LogP contribution in [0, 0.1) is 0 Å². The molecule has 2 aliphatic heterocycles. The lowest BCUT2D eigenvalue weighted by Crippen LogP contribution is -2.64. The molecule has 2 fully saturated rings. The Balaban J connectivity index is 1.73. The molecule has 31 heavy (non-hydrogen) atoms. The maximum Gasteiger partial charge on any atom is 0.222 e. The van der Waals surface area contributed by atoms with Crippen LogP contribution in [0.1, 0.15) is 39.0 Å². The lowest BCUT2D eigenvalue weighted by Gasteiger charge is -2.42. The molecule has 2 heterocycles. The van der Waals surface area contributed by atoms with Gasteiger partial charge in [-0.2, -0.15) is 0 Å². The topological polar surface area (TPSA) is 158 Å². The largest absolute Gasteiger partial charge is 0.394 e. The normalized spacial score (nSPS) is 33.5. The van der Waals surface area contributed by atoms with Crippen LogP contribution in [0.4, 0.5) is 0 Å². The van der Waals surface area contributed by atoms with Crippen LogP contribution in [0.25, 0.3) is 0 Å². The number of aliphatic hydroxyl groups is 4. The van der Waals surface area contributed by atoms with Gasteiger partial charge < -0.3 is 44.9 Å². The van der Waals surface area contributed by atoms with E-state index < -0.39 is 43.2 Å². The molecule has 0 aromatic heterocycles. The smallest absolute Gasteiger partial charge is 0.222 e. The number of methoxy groups -OCH3 is 1. The number of carbonyl (C=O) groups excluding carboxylic acids is 2. The summed E-state index contributed by atoms with van der Waals surface area (Å²) in [5.41, 5.74) is 0. The van der Waals surface area contributed by atoms with Gasteiger partial charge >= 0.3 is 0 Å². The summed E-state index contributed by atoms with van der Waals surface area (Å²) in [4.78, 5) is 25.5. The van der Waals surface area contributed by atoms with Gasteiger partial charge in [-0.15, -0.1) is 0 Å². The highest BCUT2D eigenvalue weighted by molar-refractivity contribution is 5.77. The van der Waals surface area contributed by atoms with Crippen molar-refractivity contribution in [2.75, 3.05) is 33.5 Å². The fourth-order valence-electron chi connectivity index (χ4n) is 4.03. The van der Waals surface area contributed by atoms with Crippen LogP contribution in [0.3, 0.4) is 0 Å². The highest BCUT2D eigenvalue weighted by atomic mass is 16.7. The lowest BCUT2D eigenvalue weighted by atomic mass is 9.97. The Morgan fingerprint density at radius 3 is 2.48 bits per heavy atom. The van der Waals surface area contributed by atoms with Gasteiger partial charge in [0, 0.05) is 33.6 Å². The molecule has 0 bridgehead atoms. The van der Waals surface area contributed by atoms with Crippen LogP contribution in [0.15, 0.2) is 0 Å². The molecule has 11 heteroatoms. The summed E-state index contributed by atoms with van der Waals surface area (Å²) in [5, 5.41) is 41.5. The van der Waals surface area contributed by atoms with Gasteiger partial charge in [-0.05, 0) is 19.3 Å². The second-order valence-corrected chi connectivity index (χ2v) is 8.09. The van der Waals surface area contributed by atoms with Gasteiger partial charge in [-0.25, -0.2) is 0 Å². The van der Waals surface area contributed by atoms with E-state index in [9.17, 15) is 30.0 Å². The first-order chi connectivity index (χ1) is 14.8. The van der Waals surface area contributed by atoms with E-state index in [0.717, 1.165) is 0 Å². The van der Waals surface area contributed by atoms with E-state index in [-0.39, 0.29) is 31.3 Å². The summed E-state index contributed by atoms with van der Waals surface area (Å²) in [6.07, 6.45) is -1.78. The number of hydrogen-bond donors (Lipinski definition) is 5. The number of aliphatic hydroxyl groups excluding tert-OH is 4. The van der Waals surface area contributed by atoms with E-state index in [0.29, 0.717) is 38.6 Å². The van der Waals surface area contributed by atoms with E-state index in [4.69, 9.17) is 14.2 Å². The molecule has 11 nitrogen and oxygen atoms in total. The van der Waals surface area contributed by atoms with Gasteiger partial charge in [0.1, 0.15) is 24.4 Å². The summed E-state index contributed by atoms with van der Waals surface area (Å²) >= 11 is 0. The first-order valence-corrected chi connectivity index (χ1v) is 10.8. The third-order valence-electron chi connectivity index (χ3n) is 5.81. The monoisotopic (exact) mass is 448 g/mol. The summed E-state index contributed by atoms with van der Waals surface area (Å²) in [5.74, 6) is -0.419. The fourth-order valence-corrected chi connectivity index (χ4v) is 4.03. The first-order valence-electron chi connectivity index (χ1n) is 10.8. The molecule has 2 saturated heterocycles. The number of ether oxygens (including phenoxy) is 3. The molecular formula is C20H36N2O9. The molecule has 2 unspecified atom stereocenters. The predicted molar refractivity (Wildman–Crippen MR) is 108 cm³/mol. The quantitative estimate of drug-likeness (QED) is 0.228. The van der Waals surface area contributed by atoms with Gasteiger partial charge in [-0.1, -0.05) is 6.42 Å². The predicted octanol–water partition coefficient (Wildman–Crippen LogP) is -1.88. The van der Waals surface area contributed by atoms with E-state index in [1.54, 1.807) is 12.0 Å². The first kappa shape index (κ1) is 25.9. The molecule has 2 amide bonds.